The van der Waals surface area contributed by atoms with Crippen molar-refractivity contribution in [2.75, 3.05) is 33.0 Å². The van der Waals surface area contributed by atoms with Crippen LogP contribution in [0.15, 0.2) is 18.2 Å². The maximum atomic E-state index is 13.7. The first-order chi connectivity index (χ1) is 9.29. The molecule has 0 amide bonds. The number of epoxide rings is 1. The average Bonchev–Trinajstić information content (AvgIpc) is 3.21. The van der Waals surface area contributed by atoms with Crippen LogP contribution < -0.4 is 9.47 Å². The van der Waals surface area contributed by atoms with Gasteiger partial charge in [-0.15, -0.1) is 0 Å². The third kappa shape index (κ3) is 5.04. The van der Waals surface area contributed by atoms with Crippen molar-refractivity contribution in [1.29, 1.82) is 0 Å². The zero-order valence-corrected chi connectivity index (χ0v) is 11.1. The number of hydrogen-bond donors (Lipinski definition) is 0. The minimum Gasteiger partial charge on any atom is -0.491 e. The van der Waals surface area contributed by atoms with Crippen LogP contribution >= 0.6 is 0 Å². The van der Waals surface area contributed by atoms with E-state index in [2.05, 4.69) is 0 Å². The summed E-state index contributed by atoms with van der Waals surface area (Å²) in [5, 5.41) is 0. The first-order valence-corrected chi connectivity index (χ1v) is 6.54. The third-order valence-corrected chi connectivity index (χ3v) is 2.58. The summed E-state index contributed by atoms with van der Waals surface area (Å²) in [6.07, 6.45) is 1.09. The van der Waals surface area contributed by atoms with Gasteiger partial charge in [-0.3, -0.25) is 0 Å². The maximum Gasteiger partial charge on any atom is 0.168 e. The summed E-state index contributed by atoms with van der Waals surface area (Å²) in [4.78, 5) is 0. The first-order valence-electron chi connectivity index (χ1n) is 6.54. The predicted molar refractivity (Wildman–Crippen MR) is 68.2 cm³/mol. The van der Waals surface area contributed by atoms with Crippen LogP contribution in [0.1, 0.15) is 13.3 Å². The molecule has 1 saturated heterocycles. The Morgan fingerprint density at radius 3 is 2.79 bits per heavy atom. The summed E-state index contributed by atoms with van der Waals surface area (Å²) in [6.45, 7) is 4.76. The second-order valence-corrected chi connectivity index (χ2v) is 4.32. The molecule has 1 aliphatic heterocycles. The van der Waals surface area contributed by atoms with Gasteiger partial charge in [-0.1, -0.05) is 6.92 Å². The Labute approximate surface area is 112 Å². The van der Waals surface area contributed by atoms with Crippen molar-refractivity contribution < 1.29 is 23.3 Å². The lowest BCUT2D eigenvalue weighted by Gasteiger charge is -2.09. The van der Waals surface area contributed by atoms with E-state index in [4.69, 9.17) is 18.9 Å². The summed E-state index contributed by atoms with van der Waals surface area (Å²) in [5.74, 6) is 0.283. The van der Waals surface area contributed by atoms with Crippen molar-refractivity contribution in [2.45, 2.75) is 19.4 Å². The highest BCUT2D eigenvalue weighted by molar-refractivity contribution is 5.33. The molecule has 19 heavy (non-hydrogen) atoms. The standard InChI is InChI=1S/C14H19FO4/c1-2-5-16-6-7-17-11-3-4-14(13(15)8-11)19-10-12-9-18-12/h3-4,8,12H,2,5-7,9-10H2,1H3. The molecule has 5 heteroatoms. The Balaban J connectivity index is 1.73. The summed E-state index contributed by atoms with van der Waals surface area (Å²) >= 11 is 0. The quantitative estimate of drug-likeness (QED) is 0.510. The van der Waals surface area contributed by atoms with Gasteiger partial charge in [0.15, 0.2) is 11.6 Å². The fourth-order valence-electron chi connectivity index (χ4n) is 1.50. The van der Waals surface area contributed by atoms with E-state index in [1.165, 1.54) is 6.07 Å². The van der Waals surface area contributed by atoms with Crippen LogP contribution in [0.4, 0.5) is 4.39 Å². The second-order valence-electron chi connectivity index (χ2n) is 4.32. The molecule has 0 radical (unpaired) electrons. The fraction of sp³-hybridized carbons (Fsp3) is 0.571. The van der Waals surface area contributed by atoms with Crippen molar-refractivity contribution in [1.82, 2.24) is 0 Å². The Bertz CT molecular complexity index is 393. The smallest absolute Gasteiger partial charge is 0.168 e. The number of rotatable bonds is 9. The highest BCUT2D eigenvalue weighted by atomic mass is 19.1. The summed E-state index contributed by atoms with van der Waals surface area (Å²) in [5.41, 5.74) is 0. The molecule has 106 valence electrons. The van der Waals surface area contributed by atoms with Crippen molar-refractivity contribution in [3.05, 3.63) is 24.0 Å². The van der Waals surface area contributed by atoms with Crippen LogP contribution in [0.25, 0.3) is 0 Å². The van der Waals surface area contributed by atoms with Gasteiger partial charge in [-0.2, -0.15) is 0 Å². The highest BCUT2D eigenvalue weighted by Gasteiger charge is 2.23. The van der Waals surface area contributed by atoms with Gasteiger partial charge in [-0.05, 0) is 18.6 Å². The lowest BCUT2D eigenvalue weighted by atomic mass is 10.3. The van der Waals surface area contributed by atoms with E-state index in [0.717, 1.165) is 6.42 Å². The van der Waals surface area contributed by atoms with E-state index in [9.17, 15) is 4.39 Å². The van der Waals surface area contributed by atoms with E-state index < -0.39 is 5.82 Å². The van der Waals surface area contributed by atoms with Gasteiger partial charge >= 0.3 is 0 Å². The normalized spacial score (nSPS) is 17.3. The molecule has 0 N–H and O–H groups in total. The van der Waals surface area contributed by atoms with Gasteiger partial charge in [0.1, 0.15) is 25.1 Å². The van der Waals surface area contributed by atoms with Gasteiger partial charge < -0.3 is 18.9 Å². The predicted octanol–water partition coefficient (Wildman–Crippen LogP) is 2.41. The number of benzene rings is 1. The van der Waals surface area contributed by atoms with Crippen LogP contribution in [-0.4, -0.2) is 39.1 Å². The molecule has 0 spiro atoms. The largest absolute Gasteiger partial charge is 0.491 e. The van der Waals surface area contributed by atoms with Gasteiger partial charge in [0.25, 0.3) is 0 Å². The minimum atomic E-state index is -0.423. The van der Waals surface area contributed by atoms with Crippen molar-refractivity contribution in [3.63, 3.8) is 0 Å². The molecular formula is C14H19FO4. The molecule has 1 aromatic carbocycles. The van der Waals surface area contributed by atoms with Gasteiger partial charge in [-0.25, -0.2) is 4.39 Å². The van der Waals surface area contributed by atoms with E-state index in [-0.39, 0.29) is 11.9 Å². The molecule has 1 aromatic rings. The Morgan fingerprint density at radius 1 is 1.26 bits per heavy atom. The summed E-state index contributed by atoms with van der Waals surface area (Å²) < 4.78 is 34.6. The molecule has 0 saturated carbocycles. The number of hydrogen-bond acceptors (Lipinski definition) is 4. The lowest BCUT2D eigenvalue weighted by Crippen LogP contribution is -2.08. The van der Waals surface area contributed by atoms with Crippen LogP contribution in [-0.2, 0) is 9.47 Å². The summed E-state index contributed by atoms with van der Waals surface area (Å²) in [6, 6.07) is 4.58. The zero-order valence-electron chi connectivity index (χ0n) is 11.1. The highest BCUT2D eigenvalue weighted by Crippen LogP contribution is 2.23. The first kappa shape index (κ1) is 14.1. The molecule has 1 aliphatic rings. The average molecular weight is 270 g/mol. The molecule has 1 fully saturated rings. The van der Waals surface area contributed by atoms with E-state index in [0.29, 0.717) is 38.8 Å². The van der Waals surface area contributed by atoms with E-state index in [1.807, 2.05) is 6.92 Å². The zero-order chi connectivity index (χ0) is 13.5. The molecule has 4 nitrogen and oxygen atoms in total. The van der Waals surface area contributed by atoms with Crippen LogP contribution in [0.5, 0.6) is 11.5 Å². The maximum absolute atomic E-state index is 13.7. The number of halogens is 1. The second kappa shape index (κ2) is 7.31. The molecule has 1 unspecified atom stereocenters. The molecule has 0 aliphatic carbocycles. The van der Waals surface area contributed by atoms with E-state index in [1.54, 1.807) is 12.1 Å². The van der Waals surface area contributed by atoms with Crippen LogP contribution in [0.2, 0.25) is 0 Å². The molecule has 1 atom stereocenters. The monoisotopic (exact) mass is 270 g/mol. The van der Waals surface area contributed by atoms with Crippen molar-refractivity contribution >= 4 is 0 Å². The SMILES string of the molecule is CCCOCCOc1ccc(OCC2CO2)c(F)c1. The number of ether oxygens (including phenoxy) is 4. The summed E-state index contributed by atoms with van der Waals surface area (Å²) in [7, 11) is 0. The van der Waals surface area contributed by atoms with Gasteiger partial charge in [0.05, 0.1) is 13.2 Å². The molecule has 0 bridgehead atoms. The minimum absolute atomic E-state index is 0.117. The van der Waals surface area contributed by atoms with Gasteiger partial charge in [0, 0.05) is 12.7 Å². The lowest BCUT2D eigenvalue weighted by molar-refractivity contribution is 0.100. The topological polar surface area (TPSA) is 40.2 Å². The Morgan fingerprint density at radius 2 is 2.11 bits per heavy atom. The van der Waals surface area contributed by atoms with Crippen molar-refractivity contribution in [3.8, 4) is 11.5 Å². The van der Waals surface area contributed by atoms with Gasteiger partial charge in [0.2, 0.25) is 0 Å². The fourth-order valence-corrected chi connectivity index (χ4v) is 1.50. The Hall–Kier alpha value is -1.33. The Kier molecular flexibility index (Phi) is 5.42. The van der Waals surface area contributed by atoms with E-state index >= 15 is 0 Å². The third-order valence-electron chi connectivity index (χ3n) is 2.58. The molecule has 0 aromatic heterocycles. The molecular weight excluding hydrogens is 251 g/mol. The van der Waals surface area contributed by atoms with Crippen LogP contribution in [0.3, 0.4) is 0 Å². The van der Waals surface area contributed by atoms with Crippen molar-refractivity contribution in [2.24, 2.45) is 0 Å². The molecule has 2 rings (SSSR count). The molecule has 1 heterocycles. The van der Waals surface area contributed by atoms with Crippen LogP contribution in [0, 0.1) is 5.82 Å².